The SMILES string of the molecule is COc1nc(C(=O)Cl)c(C(F)F)cc1Cl. The van der Waals surface area contributed by atoms with Crippen molar-refractivity contribution < 1.29 is 18.3 Å². The van der Waals surface area contributed by atoms with Crippen molar-refractivity contribution in [3.63, 3.8) is 0 Å². The molecule has 0 bridgehead atoms. The van der Waals surface area contributed by atoms with Crippen LogP contribution in [0.4, 0.5) is 8.78 Å². The molecule has 0 N–H and O–H groups in total. The Bertz CT molecular complexity index is 398. The molecule has 0 atom stereocenters. The van der Waals surface area contributed by atoms with E-state index in [-0.39, 0.29) is 10.9 Å². The first-order valence-corrected chi connectivity index (χ1v) is 4.45. The molecule has 3 nitrogen and oxygen atoms in total. The molecule has 0 spiro atoms. The summed E-state index contributed by atoms with van der Waals surface area (Å²) in [6.07, 6.45) is -2.88. The fourth-order valence-corrected chi connectivity index (χ4v) is 1.34. The molecule has 0 saturated heterocycles. The molecular weight excluding hydrogens is 251 g/mol. The van der Waals surface area contributed by atoms with E-state index in [1.807, 2.05) is 0 Å². The first-order chi connectivity index (χ1) is 6.97. The van der Waals surface area contributed by atoms with Crippen molar-refractivity contribution in [1.29, 1.82) is 0 Å². The number of methoxy groups -OCH3 is 1. The van der Waals surface area contributed by atoms with Crippen molar-refractivity contribution in [2.24, 2.45) is 0 Å². The Kier molecular flexibility index (Phi) is 3.82. The first-order valence-electron chi connectivity index (χ1n) is 3.69. The Morgan fingerprint density at radius 3 is 2.60 bits per heavy atom. The summed E-state index contributed by atoms with van der Waals surface area (Å²) in [7, 11) is 1.25. The summed E-state index contributed by atoms with van der Waals surface area (Å²) in [5.74, 6) is -0.120. The first kappa shape index (κ1) is 12.1. The van der Waals surface area contributed by atoms with Gasteiger partial charge in [0.1, 0.15) is 10.7 Å². The maximum absolute atomic E-state index is 12.5. The fourth-order valence-electron chi connectivity index (χ4n) is 0.953. The molecule has 0 amide bonds. The van der Waals surface area contributed by atoms with Crippen LogP contribution in [-0.2, 0) is 0 Å². The van der Waals surface area contributed by atoms with E-state index in [9.17, 15) is 13.6 Å². The van der Waals surface area contributed by atoms with Crippen molar-refractivity contribution in [1.82, 2.24) is 4.98 Å². The summed E-state index contributed by atoms with van der Waals surface area (Å²) in [4.78, 5) is 14.3. The van der Waals surface area contributed by atoms with Gasteiger partial charge in [-0.15, -0.1) is 0 Å². The summed E-state index contributed by atoms with van der Waals surface area (Å²) in [5, 5.41) is -1.19. The topological polar surface area (TPSA) is 39.2 Å². The normalized spacial score (nSPS) is 10.5. The molecule has 0 radical (unpaired) electrons. The average Bonchev–Trinajstić information content (AvgIpc) is 2.16. The summed E-state index contributed by atoms with van der Waals surface area (Å²) in [5.41, 5.74) is -1.16. The lowest BCUT2D eigenvalue weighted by atomic mass is 10.2. The molecule has 1 rings (SSSR count). The molecule has 0 aliphatic rings. The number of halogens is 4. The van der Waals surface area contributed by atoms with E-state index in [0.29, 0.717) is 0 Å². The number of alkyl halides is 2. The van der Waals surface area contributed by atoms with Crippen LogP contribution in [0.3, 0.4) is 0 Å². The second-order valence-corrected chi connectivity index (χ2v) is 3.24. The smallest absolute Gasteiger partial charge is 0.271 e. The van der Waals surface area contributed by atoms with E-state index in [1.165, 1.54) is 7.11 Å². The van der Waals surface area contributed by atoms with E-state index in [2.05, 4.69) is 9.72 Å². The van der Waals surface area contributed by atoms with Gasteiger partial charge in [0.2, 0.25) is 5.88 Å². The number of aromatic nitrogens is 1. The predicted molar refractivity (Wildman–Crippen MR) is 50.9 cm³/mol. The molecule has 1 aromatic rings. The number of carbonyl (C=O) groups excluding carboxylic acids is 1. The molecule has 0 fully saturated rings. The van der Waals surface area contributed by atoms with Gasteiger partial charge < -0.3 is 4.74 Å². The Morgan fingerprint density at radius 2 is 2.20 bits per heavy atom. The minimum Gasteiger partial charge on any atom is -0.480 e. The molecule has 82 valence electrons. The number of pyridine rings is 1. The van der Waals surface area contributed by atoms with Crippen molar-refractivity contribution in [2.75, 3.05) is 7.11 Å². The maximum Gasteiger partial charge on any atom is 0.271 e. The van der Waals surface area contributed by atoms with Crippen molar-refractivity contribution >= 4 is 28.4 Å². The van der Waals surface area contributed by atoms with Gasteiger partial charge in [0.25, 0.3) is 11.7 Å². The van der Waals surface area contributed by atoms with E-state index in [1.54, 1.807) is 0 Å². The summed E-state index contributed by atoms with van der Waals surface area (Å²) in [6, 6.07) is 0.910. The van der Waals surface area contributed by atoms with Crippen LogP contribution >= 0.6 is 23.2 Å². The van der Waals surface area contributed by atoms with E-state index >= 15 is 0 Å². The Balaban J connectivity index is 3.39. The highest BCUT2D eigenvalue weighted by Crippen LogP contribution is 2.30. The van der Waals surface area contributed by atoms with Crippen LogP contribution in [0, 0.1) is 0 Å². The van der Waals surface area contributed by atoms with Crippen LogP contribution in [-0.4, -0.2) is 17.3 Å². The van der Waals surface area contributed by atoms with Crippen LogP contribution < -0.4 is 4.74 Å². The molecule has 0 aliphatic heterocycles. The third-order valence-electron chi connectivity index (χ3n) is 1.59. The van der Waals surface area contributed by atoms with Crippen LogP contribution in [0.2, 0.25) is 5.02 Å². The molecule has 15 heavy (non-hydrogen) atoms. The number of carbonyl (C=O) groups is 1. The van der Waals surface area contributed by atoms with Gasteiger partial charge in [0.05, 0.1) is 12.7 Å². The predicted octanol–water partition coefficient (Wildman–Crippen LogP) is 3.06. The lowest BCUT2D eigenvalue weighted by Gasteiger charge is -2.08. The number of ether oxygens (including phenoxy) is 1. The van der Waals surface area contributed by atoms with Gasteiger partial charge in [-0.05, 0) is 17.7 Å². The summed E-state index contributed by atoms with van der Waals surface area (Å²) in [6.45, 7) is 0. The average molecular weight is 256 g/mol. The van der Waals surface area contributed by atoms with Crippen LogP contribution in [0.1, 0.15) is 22.5 Å². The zero-order valence-corrected chi connectivity index (χ0v) is 8.94. The molecule has 1 aromatic heterocycles. The molecule has 1 heterocycles. The highest BCUT2D eigenvalue weighted by atomic mass is 35.5. The van der Waals surface area contributed by atoms with Crippen molar-refractivity contribution in [3.8, 4) is 5.88 Å². The van der Waals surface area contributed by atoms with Gasteiger partial charge in [-0.25, -0.2) is 13.8 Å². The van der Waals surface area contributed by atoms with E-state index in [0.717, 1.165) is 6.07 Å². The minimum absolute atomic E-state index is 0.102. The van der Waals surface area contributed by atoms with Crippen LogP contribution in [0.5, 0.6) is 5.88 Å². The van der Waals surface area contributed by atoms with Crippen LogP contribution in [0.25, 0.3) is 0 Å². The molecule has 7 heteroatoms. The molecule has 0 saturated carbocycles. The lowest BCUT2D eigenvalue weighted by molar-refractivity contribution is 0.105. The quantitative estimate of drug-likeness (QED) is 0.780. The number of hydrogen-bond donors (Lipinski definition) is 0. The number of rotatable bonds is 3. The number of hydrogen-bond acceptors (Lipinski definition) is 3. The zero-order chi connectivity index (χ0) is 11.6. The van der Waals surface area contributed by atoms with E-state index < -0.39 is 22.9 Å². The van der Waals surface area contributed by atoms with Gasteiger partial charge in [-0.3, -0.25) is 4.79 Å². The fraction of sp³-hybridized carbons (Fsp3) is 0.250. The second-order valence-electron chi connectivity index (χ2n) is 2.49. The van der Waals surface area contributed by atoms with Crippen molar-refractivity contribution in [2.45, 2.75) is 6.43 Å². The minimum atomic E-state index is -2.88. The molecule has 0 aromatic carbocycles. The largest absolute Gasteiger partial charge is 0.480 e. The summed E-state index contributed by atoms with van der Waals surface area (Å²) < 4.78 is 29.6. The maximum atomic E-state index is 12.5. The zero-order valence-electron chi connectivity index (χ0n) is 7.43. The number of nitrogens with zero attached hydrogens (tertiary/aromatic N) is 1. The monoisotopic (exact) mass is 255 g/mol. The Morgan fingerprint density at radius 1 is 1.60 bits per heavy atom. The third kappa shape index (κ3) is 2.54. The van der Waals surface area contributed by atoms with Gasteiger partial charge >= 0.3 is 0 Å². The Labute approximate surface area is 94.0 Å². The van der Waals surface area contributed by atoms with Crippen LogP contribution in [0.15, 0.2) is 6.07 Å². The molecule has 0 aliphatic carbocycles. The van der Waals surface area contributed by atoms with Gasteiger partial charge in [0, 0.05) is 0 Å². The lowest BCUT2D eigenvalue weighted by Crippen LogP contribution is -2.04. The van der Waals surface area contributed by atoms with Crippen molar-refractivity contribution in [3.05, 3.63) is 22.3 Å². The molecular formula is C8H5Cl2F2NO2. The van der Waals surface area contributed by atoms with E-state index in [4.69, 9.17) is 23.2 Å². The Hall–Kier alpha value is -0.940. The highest BCUT2D eigenvalue weighted by molar-refractivity contribution is 6.67. The summed E-state index contributed by atoms with van der Waals surface area (Å²) >= 11 is 10.7. The molecule has 0 unspecified atom stereocenters. The highest BCUT2D eigenvalue weighted by Gasteiger charge is 2.21. The second kappa shape index (κ2) is 4.72. The third-order valence-corrected chi connectivity index (χ3v) is 2.04. The van der Waals surface area contributed by atoms with Gasteiger partial charge in [0.15, 0.2) is 0 Å². The standard InChI is InChI=1S/C8H5Cl2F2NO2/c1-15-8-4(9)2-3(7(11)12)5(13-8)6(10)14/h2,7H,1H3. The van der Waals surface area contributed by atoms with Gasteiger partial charge in [-0.1, -0.05) is 11.6 Å². The van der Waals surface area contributed by atoms with Gasteiger partial charge in [-0.2, -0.15) is 0 Å².